The Hall–Kier alpha value is -1.97. The van der Waals surface area contributed by atoms with Crippen LogP contribution in [0.4, 0.5) is 15.8 Å². The maximum absolute atomic E-state index is 13.2. The first-order valence-corrected chi connectivity index (χ1v) is 6.04. The van der Waals surface area contributed by atoms with Crippen molar-refractivity contribution in [3.63, 3.8) is 0 Å². The van der Waals surface area contributed by atoms with Crippen molar-refractivity contribution in [1.82, 2.24) is 0 Å². The highest BCUT2D eigenvalue weighted by molar-refractivity contribution is 5.69. The zero-order valence-electron chi connectivity index (χ0n) is 10.2. The van der Waals surface area contributed by atoms with Gasteiger partial charge < -0.3 is 15.1 Å². The van der Waals surface area contributed by atoms with Crippen LogP contribution >= 0.6 is 0 Å². The Balaban J connectivity index is 1.72. The lowest BCUT2D eigenvalue weighted by molar-refractivity contribution is 0.569. The lowest BCUT2D eigenvalue weighted by atomic mass is 10.0. The van der Waals surface area contributed by atoms with Crippen LogP contribution in [0, 0.1) is 12.7 Å². The molecule has 1 aromatic heterocycles. The largest absolute Gasteiger partial charge is 0.468 e. The maximum atomic E-state index is 13.2. The maximum Gasteiger partial charge on any atom is 0.126 e. The van der Waals surface area contributed by atoms with Gasteiger partial charge in [0.1, 0.15) is 18.3 Å². The van der Waals surface area contributed by atoms with Gasteiger partial charge >= 0.3 is 0 Å². The fourth-order valence-corrected chi connectivity index (χ4v) is 2.29. The van der Waals surface area contributed by atoms with Crippen LogP contribution in [0.25, 0.3) is 0 Å². The van der Waals surface area contributed by atoms with Crippen molar-refractivity contribution >= 4 is 11.4 Å². The molecule has 2 aromatic rings. The Morgan fingerprint density at radius 3 is 3.00 bits per heavy atom. The van der Waals surface area contributed by atoms with E-state index in [4.69, 9.17) is 4.42 Å². The first kappa shape index (κ1) is 11.1. The SMILES string of the molecule is Cc1cc(CC2CNc3cocc3N2)ccc1F. The normalized spacial score (nSPS) is 17.8. The molecule has 0 fully saturated rings. The predicted molar refractivity (Wildman–Crippen MR) is 69.4 cm³/mol. The summed E-state index contributed by atoms with van der Waals surface area (Å²) in [5.41, 5.74) is 3.83. The van der Waals surface area contributed by atoms with Crippen molar-refractivity contribution in [3.8, 4) is 0 Å². The van der Waals surface area contributed by atoms with E-state index >= 15 is 0 Å². The van der Waals surface area contributed by atoms with E-state index in [1.165, 1.54) is 6.07 Å². The average molecular weight is 246 g/mol. The summed E-state index contributed by atoms with van der Waals surface area (Å²) in [7, 11) is 0. The summed E-state index contributed by atoms with van der Waals surface area (Å²) in [5.74, 6) is -0.148. The molecule has 3 nitrogen and oxygen atoms in total. The molecule has 1 aliphatic rings. The third kappa shape index (κ3) is 2.06. The zero-order chi connectivity index (χ0) is 12.5. The van der Waals surface area contributed by atoms with Gasteiger partial charge in [0.15, 0.2) is 0 Å². The molecule has 2 N–H and O–H groups in total. The Bertz CT molecular complexity index is 565. The Morgan fingerprint density at radius 2 is 2.17 bits per heavy atom. The number of anilines is 2. The molecule has 0 aliphatic carbocycles. The van der Waals surface area contributed by atoms with Crippen LogP contribution in [0.15, 0.2) is 35.1 Å². The minimum atomic E-state index is -0.148. The van der Waals surface area contributed by atoms with Gasteiger partial charge in [0.2, 0.25) is 0 Å². The van der Waals surface area contributed by atoms with Crippen LogP contribution in [-0.4, -0.2) is 12.6 Å². The Kier molecular flexibility index (Phi) is 2.70. The zero-order valence-corrected chi connectivity index (χ0v) is 10.2. The van der Waals surface area contributed by atoms with E-state index in [2.05, 4.69) is 10.6 Å². The molecule has 0 bridgehead atoms. The van der Waals surface area contributed by atoms with Crippen molar-refractivity contribution in [2.45, 2.75) is 19.4 Å². The highest BCUT2D eigenvalue weighted by atomic mass is 19.1. The molecule has 0 saturated heterocycles. The number of fused-ring (bicyclic) bond motifs is 1. The van der Waals surface area contributed by atoms with Crippen LogP contribution in [-0.2, 0) is 6.42 Å². The summed E-state index contributed by atoms with van der Waals surface area (Å²) in [5, 5.41) is 6.72. The summed E-state index contributed by atoms with van der Waals surface area (Å²) < 4.78 is 18.3. The van der Waals surface area contributed by atoms with E-state index in [-0.39, 0.29) is 5.82 Å². The molecule has 0 radical (unpaired) electrons. The first-order valence-electron chi connectivity index (χ1n) is 6.04. The quantitative estimate of drug-likeness (QED) is 0.854. The number of aryl methyl sites for hydroxylation is 1. The fraction of sp³-hybridized carbons (Fsp3) is 0.286. The van der Waals surface area contributed by atoms with Gasteiger partial charge in [0.25, 0.3) is 0 Å². The van der Waals surface area contributed by atoms with Gasteiger partial charge in [-0.15, -0.1) is 0 Å². The van der Waals surface area contributed by atoms with Crippen LogP contribution in [0.2, 0.25) is 0 Å². The standard InChI is InChI=1S/C14H15FN2O/c1-9-4-10(2-3-12(9)15)5-11-6-16-13-7-18-8-14(13)17-11/h2-4,7-8,11,16-17H,5-6H2,1H3. The van der Waals surface area contributed by atoms with E-state index in [0.29, 0.717) is 11.6 Å². The van der Waals surface area contributed by atoms with E-state index in [9.17, 15) is 4.39 Å². The van der Waals surface area contributed by atoms with Gasteiger partial charge in [-0.25, -0.2) is 4.39 Å². The molecule has 0 spiro atoms. The molecule has 1 unspecified atom stereocenters. The number of furan rings is 1. The number of hydrogen-bond donors (Lipinski definition) is 2. The van der Waals surface area contributed by atoms with Crippen LogP contribution in [0.1, 0.15) is 11.1 Å². The number of nitrogens with one attached hydrogen (secondary N) is 2. The number of hydrogen-bond acceptors (Lipinski definition) is 3. The van der Waals surface area contributed by atoms with Crippen LogP contribution < -0.4 is 10.6 Å². The molecule has 0 amide bonds. The van der Waals surface area contributed by atoms with Gasteiger partial charge in [-0.3, -0.25) is 0 Å². The van der Waals surface area contributed by atoms with Gasteiger partial charge in [-0.05, 0) is 30.5 Å². The monoisotopic (exact) mass is 246 g/mol. The number of halogens is 1. The van der Waals surface area contributed by atoms with Crippen molar-refractivity contribution in [2.24, 2.45) is 0 Å². The molecule has 1 aliphatic heterocycles. The third-order valence-corrected chi connectivity index (χ3v) is 3.26. The second kappa shape index (κ2) is 4.37. The van der Waals surface area contributed by atoms with E-state index in [1.54, 1.807) is 19.5 Å². The summed E-state index contributed by atoms with van der Waals surface area (Å²) in [6.45, 7) is 2.63. The number of benzene rings is 1. The molecule has 2 heterocycles. The summed E-state index contributed by atoms with van der Waals surface area (Å²) in [4.78, 5) is 0. The fourth-order valence-electron chi connectivity index (χ4n) is 2.29. The Labute approximate surface area is 105 Å². The third-order valence-electron chi connectivity index (χ3n) is 3.26. The van der Waals surface area contributed by atoms with Gasteiger partial charge in [-0.1, -0.05) is 12.1 Å². The number of rotatable bonds is 2. The molecule has 4 heteroatoms. The van der Waals surface area contributed by atoms with Gasteiger partial charge in [0.05, 0.1) is 11.4 Å². The second-order valence-electron chi connectivity index (χ2n) is 4.71. The lowest BCUT2D eigenvalue weighted by Crippen LogP contribution is -2.34. The Morgan fingerprint density at radius 1 is 1.33 bits per heavy atom. The van der Waals surface area contributed by atoms with Crippen molar-refractivity contribution < 1.29 is 8.81 Å². The van der Waals surface area contributed by atoms with Gasteiger partial charge in [-0.2, -0.15) is 0 Å². The van der Waals surface area contributed by atoms with E-state index in [0.717, 1.165) is 29.9 Å². The minimum Gasteiger partial charge on any atom is -0.468 e. The first-order chi connectivity index (χ1) is 8.72. The van der Waals surface area contributed by atoms with Crippen molar-refractivity contribution in [3.05, 3.63) is 47.7 Å². The van der Waals surface area contributed by atoms with Crippen LogP contribution in [0.5, 0.6) is 0 Å². The molecule has 3 rings (SSSR count). The molecule has 0 saturated carbocycles. The highest BCUT2D eigenvalue weighted by Gasteiger charge is 2.18. The van der Waals surface area contributed by atoms with Gasteiger partial charge in [0, 0.05) is 12.6 Å². The molecular weight excluding hydrogens is 231 g/mol. The van der Waals surface area contributed by atoms with Crippen molar-refractivity contribution in [2.75, 3.05) is 17.2 Å². The summed E-state index contributed by atoms with van der Waals surface area (Å²) >= 11 is 0. The summed E-state index contributed by atoms with van der Waals surface area (Å²) in [6, 6.07) is 5.57. The minimum absolute atomic E-state index is 0.148. The molecule has 18 heavy (non-hydrogen) atoms. The molecule has 1 atom stereocenters. The van der Waals surface area contributed by atoms with Crippen molar-refractivity contribution in [1.29, 1.82) is 0 Å². The van der Waals surface area contributed by atoms with Crippen LogP contribution in [0.3, 0.4) is 0 Å². The molecule has 94 valence electrons. The van der Waals surface area contributed by atoms with E-state index in [1.807, 2.05) is 12.1 Å². The lowest BCUT2D eigenvalue weighted by Gasteiger charge is -2.25. The molecule has 1 aromatic carbocycles. The molecular formula is C14H15FN2O. The van der Waals surface area contributed by atoms with E-state index < -0.39 is 0 Å². The topological polar surface area (TPSA) is 37.2 Å². The smallest absolute Gasteiger partial charge is 0.126 e. The summed E-state index contributed by atoms with van der Waals surface area (Å²) in [6.07, 6.45) is 4.25. The predicted octanol–water partition coefficient (Wildman–Crippen LogP) is 3.18. The second-order valence-corrected chi connectivity index (χ2v) is 4.71. The average Bonchev–Trinajstić information content (AvgIpc) is 2.81. The highest BCUT2D eigenvalue weighted by Crippen LogP contribution is 2.27.